The van der Waals surface area contributed by atoms with Crippen molar-refractivity contribution in [3.05, 3.63) is 54.1 Å². The first-order chi connectivity index (χ1) is 18.9. The van der Waals surface area contributed by atoms with E-state index in [1.54, 1.807) is 55.5 Å². The molecule has 0 aliphatic rings. The van der Waals surface area contributed by atoms with Crippen LogP contribution in [0.5, 0.6) is 11.5 Å². The summed E-state index contributed by atoms with van der Waals surface area (Å²) in [5.74, 6) is -4.87. The summed E-state index contributed by atoms with van der Waals surface area (Å²) in [5, 5.41) is 11.9. The number of alkyl halides is 5. The topological polar surface area (TPSA) is 97.3 Å². The van der Waals surface area contributed by atoms with Gasteiger partial charge in [-0.25, -0.2) is 9.59 Å². The first kappa shape index (κ1) is 32.6. The Morgan fingerprint density at radius 1 is 0.950 bits per heavy atom. The molecular weight excluding hydrogens is 543 g/mol. The molecule has 1 unspecified atom stereocenters. The number of halogens is 5. The van der Waals surface area contributed by atoms with E-state index < -0.39 is 43.0 Å². The standard InChI is InChI=1S/C27H33F5N2O6/c1-3-39-23(24(35)36)18-19-6-10-22(11-7-19)40-17-16-34(15-5-4-14-26(28,29)27(30,31)32)25(37)33-20-8-12-21(38-2)13-9-20/h6-13,23H,3-5,14-18H2,1-2H3,(H,33,37)(H,35,36). The highest BCUT2D eigenvalue weighted by molar-refractivity contribution is 5.89. The Morgan fingerprint density at radius 2 is 1.57 bits per heavy atom. The zero-order chi connectivity index (χ0) is 29.8. The molecule has 0 spiro atoms. The smallest absolute Gasteiger partial charge is 0.453 e. The Kier molecular flexibility index (Phi) is 12.4. The van der Waals surface area contributed by atoms with Crippen molar-refractivity contribution in [3.63, 3.8) is 0 Å². The number of nitrogens with one attached hydrogen (secondary N) is 1. The minimum Gasteiger partial charge on any atom is -0.497 e. The van der Waals surface area contributed by atoms with E-state index in [1.165, 1.54) is 12.0 Å². The molecule has 0 aliphatic carbocycles. The van der Waals surface area contributed by atoms with E-state index in [0.717, 1.165) is 0 Å². The van der Waals surface area contributed by atoms with E-state index >= 15 is 0 Å². The number of carbonyl (C=O) groups is 2. The molecule has 0 fully saturated rings. The fraction of sp³-hybridized carbons (Fsp3) is 0.481. The van der Waals surface area contributed by atoms with E-state index in [4.69, 9.17) is 14.2 Å². The van der Waals surface area contributed by atoms with Crippen molar-refractivity contribution in [2.75, 3.05) is 38.7 Å². The van der Waals surface area contributed by atoms with E-state index in [2.05, 4.69) is 5.32 Å². The SMILES string of the molecule is CCOC(Cc1ccc(OCCN(CCCCC(F)(F)C(F)(F)F)C(=O)Nc2ccc(OC)cc2)cc1)C(=O)O. The summed E-state index contributed by atoms with van der Waals surface area (Å²) in [6, 6.07) is 12.5. The maximum absolute atomic E-state index is 13.2. The third-order valence-corrected chi connectivity index (χ3v) is 5.83. The van der Waals surface area contributed by atoms with Gasteiger partial charge in [-0.15, -0.1) is 0 Å². The number of methoxy groups -OCH3 is 1. The lowest BCUT2D eigenvalue weighted by Gasteiger charge is -2.24. The predicted octanol–water partition coefficient (Wildman–Crippen LogP) is 6.01. The van der Waals surface area contributed by atoms with Crippen LogP contribution in [0.15, 0.2) is 48.5 Å². The van der Waals surface area contributed by atoms with Gasteiger partial charge in [0, 0.05) is 31.7 Å². The maximum Gasteiger partial charge on any atom is 0.453 e. The summed E-state index contributed by atoms with van der Waals surface area (Å²) in [4.78, 5) is 25.4. The molecule has 1 atom stereocenters. The van der Waals surface area contributed by atoms with Gasteiger partial charge in [-0.05, 0) is 61.7 Å². The number of nitrogens with zero attached hydrogens (tertiary/aromatic N) is 1. The molecule has 0 radical (unpaired) electrons. The molecule has 222 valence electrons. The van der Waals surface area contributed by atoms with Crippen LogP contribution in [0.3, 0.4) is 0 Å². The van der Waals surface area contributed by atoms with Crippen LogP contribution in [0.2, 0.25) is 0 Å². The number of rotatable bonds is 16. The number of carboxylic acids is 1. The number of carboxylic acid groups (broad SMARTS) is 1. The van der Waals surface area contributed by atoms with Gasteiger partial charge in [-0.2, -0.15) is 22.0 Å². The van der Waals surface area contributed by atoms with Crippen molar-refractivity contribution >= 4 is 17.7 Å². The summed E-state index contributed by atoms with van der Waals surface area (Å²) in [6.45, 7) is 1.90. The quantitative estimate of drug-likeness (QED) is 0.188. The summed E-state index contributed by atoms with van der Waals surface area (Å²) < 4.78 is 79.8. The van der Waals surface area contributed by atoms with Crippen LogP contribution < -0.4 is 14.8 Å². The molecule has 40 heavy (non-hydrogen) atoms. The summed E-state index contributed by atoms with van der Waals surface area (Å²) in [5.41, 5.74) is 1.15. The normalized spacial score (nSPS) is 12.5. The van der Waals surface area contributed by atoms with Crippen molar-refractivity contribution in [2.24, 2.45) is 0 Å². The summed E-state index contributed by atoms with van der Waals surface area (Å²) >= 11 is 0. The predicted molar refractivity (Wildman–Crippen MR) is 137 cm³/mol. The van der Waals surface area contributed by atoms with Gasteiger partial charge in [0.25, 0.3) is 0 Å². The summed E-state index contributed by atoms with van der Waals surface area (Å²) in [7, 11) is 1.48. The molecule has 2 rings (SSSR count). The number of carbonyl (C=O) groups excluding carboxylic acids is 1. The van der Waals surface area contributed by atoms with Gasteiger partial charge in [0.15, 0.2) is 6.10 Å². The second kappa shape index (κ2) is 15.2. The Balaban J connectivity index is 1.97. The first-order valence-electron chi connectivity index (χ1n) is 12.6. The maximum atomic E-state index is 13.2. The molecule has 2 amide bonds. The lowest BCUT2D eigenvalue weighted by molar-refractivity contribution is -0.284. The van der Waals surface area contributed by atoms with Gasteiger partial charge in [-0.1, -0.05) is 12.1 Å². The molecule has 2 N–H and O–H groups in total. The molecule has 8 nitrogen and oxygen atoms in total. The van der Waals surface area contributed by atoms with Crippen LogP contribution in [0.1, 0.15) is 31.7 Å². The van der Waals surface area contributed by atoms with Crippen molar-refractivity contribution in [1.29, 1.82) is 0 Å². The lowest BCUT2D eigenvalue weighted by atomic mass is 10.1. The molecule has 0 aliphatic heterocycles. The highest BCUT2D eigenvalue weighted by Crippen LogP contribution is 2.39. The minimum absolute atomic E-state index is 0.00475. The summed E-state index contributed by atoms with van der Waals surface area (Å²) in [6.07, 6.45) is -8.35. The van der Waals surface area contributed by atoms with Crippen molar-refractivity contribution in [3.8, 4) is 11.5 Å². The van der Waals surface area contributed by atoms with Crippen LogP contribution in [0.25, 0.3) is 0 Å². The number of urea groups is 1. The molecule has 0 saturated carbocycles. The molecule has 0 heterocycles. The fourth-order valence-electron chi connectivity index (χ4n) is 3.61. The molecular formula is C27H33F5N2O6. The van der Waals surface area contributed by atoms with Crippen LogP contribution in [0.4, 0.5) is 32.4 Å². The van der Waals surface area contributed by atoms with Gasteiger partial charge in [-0.3, -0.25) is 0 Å². The lowest BCUT2D eigenvalue weighted by Crippen LogP contribution is -2.39. The molecule has 0 saturated heterocycles. The second-order valence-electron chi connectivity index (χ2n) is 8.78. The second-order valence-corrected chi connectivity index (χ2v) is 8.78. The monoisotopic (exact) mass is 576 g/mol. The number of amides is 2. The van der Waals surface area contributed by atoms with Gasteiger partial charge in [0.2, 0.25) is 0 Å². The number of anilines is 1. The van der Waals surface area contributed by atoms with Gasteiger partial charge < -0.3 is 29.5 Å². The highest BCUT2D eigenvalue weighted by atomic mass is 19.4. The van der Waals surface area contributed by atoms with Crippen LogP contribution in [0, 0.1) is 0 Å². The van der Waals surface area contributed by atoms with Crippen LogP contribution >= 0.6 is 0 Å². The number of hydrogen-bond acceptors (Lipinski definition) is 5. The zero-order valence-corrected chi connectivity index (χ0v) is 22.2. The average molecular weight is 577 g/mol. The third kappa shape index (κ3) is 10.5. The van der Waals surface area contributed by atoms with Crippen molar-refractivity contribution < 1.29 is 50.9 Å². The fourth-order valence-corrected chi connectivity index (χ4v) is 3.61. The largest absolute Gasteiger partial charge is 0.497 e. The van der Waals surface area contributed by atoms with Crippen LogP contribution in [-0.4, -0.2) is 73.6 Å². The molecule has 0 aromatic heterocycles. The Labute approximate surface area is 229 Å². The Bertz CT molecular complexity index is 1060. The molecule has 2 aromatic rings. The molecule has 0 bridgehead atoms. The highest BCUT2D eigenvalue weighted by Gasteiger charge is 2.56. The van der Waals surface area contributed by atoms with E-state index in [1.807, 2.05) is 0 Å². The average Bonchev–Trinajstić information content (AvgIpc) is 2.90. The van der Waals surface area contributed by atoms with E-state index in [-0.39, 0.29) is 39.1 Å². The first-order valence-corrected chi connectivity index (χ1v) is 12.6. The van der Waals surface area contributed by atoms with E-state index in [0.29, 0.717) is 22.7 Å². The van der Waals surface area contributed by atoms with E-state index in [9.17, 15) is 36.6 Å². The minimum atomic E-state index is -5.63. The van der Waals surface area contributed by atoms with Gasteiger partial charge >= 0.3 is 24.1 Å². The Morgan fingerprint density at radius 3 is 2.12 bits per heavy atom. The number of unbranched alkanes of at least 4 members (excludes halogenated alkanes) is 1. The van der Waals surface area contributed by atoms with Crippen molar-refractivity contribution in [1.82, 2.24) is 4.90 Å². The number of aliphatic carboxylic acids is 1. The van der Waals surface area contributed by atoms with Crippen molar-refractivity contribution in [2.45, 2.75) is 50.8 Å². The number of hydrogen-bond donors (Lipinski definition) is 2. The van der Waals surface area contributed by atoms with Crippen LogP contribution in [-0.2, 0) is 16.0 Å². The number of ether oxygens (including phenoxy) is 3. The Hall–Kier alpha value is -3.61. The van der Waals surface area contributed by atoms with Gasteiger partial charge in [0.1, 0.15) is 18.1 Å². The molecule has 13 heteroatoms. The van der Waals surface area contributed by atoms with Gasteiger partial charge in [0.05, 0.1) is 13.7 Å². The zero-order valence-electron chi connectivity index (χ0n) is 22.2. The third-order valence-electron chi connectivity index (χ3n) is 5.83. The number of benzene rings is 2. The molecule has 2 aromatic carbocycles.